The topological polar surface area (TPSA) is 77.0 Å². The molecule has 6 nitrogen and oxygen atoms in total. The molecule has 0 radical (unpaired) electrons. The molecular weight excluding hydrogens is 208 g/mol. The summed E-state index contributed by atoms with van der Waals surface area (Å²) in [6.45, 7) is 3.52. The summed E-state index contributed by atoms with van der Waals surface area (Å²) in [6.07, 6.45) is 1.29. The summed E-state index contributed by atoms with van der Waals surface area (Å²) < 4.78 is 6.75. The molecule has 0 aromatic carbocycles. The Morgan fingerprint density at radius 2 is 2.19 bits per heavy atom. The largest absolute Gasteiger partial charge is 0.393 e. The van der Waals surface area contributed by atoms with Crippen LogP contribution in [0, 0.1) is 0 Å². The molecule has 0 aliphatic carbocycles. The number of hydrogen-bond acceptors (Lipinski definition) is 5. The summed E-state index contributed by atoms with van der Waals surface area (Å²) in [5.41, 5.74) is 0.662. The molecule has 0 spiro atoms. The summed E-state index contributed by atoms with van der Waals surface area (Å²) in [5, 5.41) is 17.4. The van der Waals surface area contributed by atoms with Gasteiger partial charge in [0.25, 0.3) is 0 Å². The van der Waals surface area contributed by atoms with Crippen molar-refractivity contribution in [2.45, 2.75) is 25.9 Å². The van der Waals surface area contributed by atoms with Crippen LogP contribution in [-0.4, -0.2) is 31.1 Å². The molecule has 0 aliphatic heterocycles. The molecular formula is C10H14N4O2. The predicted molar refractivity (Wildman–Crippen MR) is 56.6 cm³/mol. The monoisotopic (exact) mass is 222 g/mol. The van der Waals surface area contributed by atoms with Crippen molar-refractivity contribution in [2.75, 3.05) is 0 Å². The van der Waals surface area contributed by atoms with Gasteiger partial charge in [0.15, 0.2) is 0 Å². The molecule has 0 saturated carbocycles. The van der Waals surface area contributed by atoms with Crippen LogP contribution in [0.5, 0.6) is 0 Å². The molecule has 0 fully saturated rings. The third-order valence-electron chi connectivity index (χ3n) is 2.50. The van der Waals surface area contributed by atoms with Crippen molar-refractivity contribution in [2.24, 2.45) is 7.05 Å². The normalized spacial score (nSPS) is 15.0. The Morgan fingerprint density at radius 3 is 2.75 bits per heavy atom. The Bertz CT molecular complexity index is 475. The SMILES string of the molecule is CC(O)C(C)c1nc(-c2ccn(C)n2)no1. The predicted octanol–water partition coefficient (Wildman–Crippen LogP) is 0.954. The summed E-state index contributed by atoms with van der Waals surface area (Å²) in [7, 11) is 1.82. The van der Waals surface area contributed by atoms with E-state index in [1.807, 2.05) is 26.2 Å². The van der Waals surface area contributed by atoms with E-state index in [9.17, 15) is 5.11 Å². The second-order valence-electron chi connectivity index (χ2n) is 3.86. The van der Waals surface area contributed by atoms with Crippen LogP contribution in [0.15, 0.2) is 16.8 Å². The zero-order chi connectivity index (χ0) is 11.7. The fourth-order valence-electron chi connectivity index (χ4n) is 1.26. The first-order chi connectivity index (χ1) is 7.58. The molecule has 16 heavy (non-hydrogen) atoms. The molecule has 0 aliphatic rings. The van der Waals surface area contributed by atoms with Gasteiger partial charge in [0.1, 0.15) is 5.69 Å². The number of aromatic nitrogens is 4. The highest BCUT2D eigenvalue weighted by atomic mass is 16.5. The molecule has 2 rings (SSSR count). The molecule has 2 aromatic heterocycles. The zero-order valence-electron chi connectivity index (χ0n) is 9.45. The van der Waals surface area contributed by atoms with Gasteiger partial charge in [-0.25, -0.2) is 0 Å². The summed E-state index contributed by atoms with van der Waals surface area (Å²) in [5.74, 6) is 0.698. The highest BCUT2D eigenvalue weighted by Crippen LogP contribution is 2.20. The third kappa shape index (κ3) is 1.96. The van der Waals surface area contributed by atoms with Gasteiger partial charge in [-0.1, -0.05) is 12.1 Å². The average molecular weight is 222 g/mol. The van der Waals surface area contributed by atoms with Gasteiger partial charge in [-0.05, 0) is 13.0 Å². The van der Waals surface area contributed by atoms with Crippen LogP contribution in [0.4, 0.5) is 0 Å². The van der Waals surface area contributed by atoms with Crippen LogP contribution in [0.1, 0.15) is 25.7 Å². The van der Waals surface area contributed by atoms with Gasteiger partial charge in [-0.3, -0.25) is 4.68 Å². The van der Waals surface area contributed by atoms with Crippen molar-refractivity contribution < 1.29 is 9.63 Å². The molecule has 2 aromatic rings. The van der Waals surface area contributed by atoms with E-state index in [-0.39, 0.29) is 5.92 Å². The molecule has 6 heteroatoms. The van der Waals surface area contributed by atoms with E-state index in [1.54, 1.807) is 11.6 Å². The highest BCUT2D eigenvalue weighted by molar-refractivity contribution is 5.46. The molecule has 0 amide bonds. The summed E-state index contributed by atoms with van der Waals surface area (Å²) in [6, 6.07) is 1.81. The van der Waals surface area contributed by atoms with Gasteiger partial charge in [0, 0.05) is 13.2 Å². The quantitative estimate of drug-likeness (QED) is 0.836. The number of nitrogens with zero attached hydrogens (tertiary/aromatic N) is 4. The molecule has 2 atom stereocenters. The highest BCUT2D eigenvalue weighted by Gasteiger charge is 2.20. The van der Waals surface area contributed by atoms with Crippen molar-refractivity contribution in [3.05, 3.63) is 18.2 Å². The van der Waals surface area contributed by atoms with E-state index in [0.717, 1.165) is 0 Å². The first-order valence-electron chi connectivity index (χ1n) is 5.09. The van der Waals surface area contributed by atoms with Crippen molar-refractivity contribution in [3.8, 4) is 11.5 Å². The lowest BCUT2D eigenvalue weighted by molar-refractivity contribution is 0.151. The molecule has 0 bridgehead atoms. The maximum absolute atomic E-state index is 9.41. The molecule has 2 heterocycles. The summed E-state index contributed by atoms with van der Waals surface area (Å²) in [4.78, 5) is 4.20. The third-order valence-corrected chi connectivity index (χ3v) is 2.50. The molecule has 2 unspecified atom stereocenters. The lowest BCUT2D eigenvalue weighted by Gasteiger charge is -2.07. The van der Waals surface area contributed by atoms with Crippen molar-refractivity contribution in [3.63, 3.8) is 0 Å². The van der Waals surface area contributed by atoms with Crippen LogP contribution in [0.3, 0.4) is 0 Å². The molecule has 0 saturated heterocycles. The zero-order valence-corrected chi connectivity index (χ0v) is 9.45. The average Bonchev–Trinajstić information content (AvgIpc) is 2.84. The standard InChI is InChI=1S/C10H14N4O2/c1-6(7(2)15)10-11-9(13-16-10)8-4-5-14(3)12-8/h4-7,15H,1-3H3. The second kappa shape index (κ2) is 4.05. The minimum absolute atomic E-state index is 0.176. The number of hydrogen-bond donors (Lipinski definition) is 1. The number of rotatable bonds is 3. The van der Waals surface area contributed by atoms with E-state index in [4.69, 9.17) is 4.52 Å². The van der Waals surface area contributed by atoms with Crippen molar-refractivity contribution in [1.82, 2.24) is 19.9 Å². The van der Waals surface area contributed by atoms with E-state index in [0.29, 0.717) is 17.4 Å². The first-order valence-corrected chi connectivity index (χ1v) is 5.09. The Hall–Kier alpha value is -1.69. The Balaban J connectivity index is 2.26. The van der Waals surface area contributed by atoms with E-state index >= 15 is 0 Å². The van der Waals surface area contributed by atoms with Gasteiger partial charge >= 0.3 is 0 Å². The lowest BCUT2D eigenvalue weighted by Crippen LogP contribution is -2.11. The van der Waals surface area contributed by atoms with Crippen LogP contribution in [-0.2, 0) is 7.05 Å². The van der Waals surface area contributed by atoms with Crippen molar-refractivity contribution in [1.29, 1.82) is 0 Å². The molecule has 1 N–H and O–H groups in total. The lowest BCUT2D eigenvalue weighted by atomic mass is 10.1. The van der Waals surface area contributed by atoms with Crippen LogP contribution in [0.25, 0.3) is 11.5 Å². The molecule has 86 valence electrons. The Kier molecular flexibility index (Phi) is 2.74. The Labute approximate surface area is 92.9 Å². The van der Waals surface area contributed by atoms with Crippen molar-refractivity contribution >= 4 is 0 Å². The van der Waals surface area contributed by atoms with E-state index in [1.165, 1.54) is 0 Å². The van der Waals surface area contributed by atoms with Gasteiger partial charge in [0.2, 0.25) is 11.7 Å². The second-order valence-corrected chi connectivity index (χ2v) is 3.86. The van der Waals surface area contributed by atoms with Crippen LogP contribution in [0.2, 0.25) is 0 Å². The van der Waals surface area contributed by atoms with Gasteiger partial charge in [-0.15, -0.1) is 0 Å². The van der Waals surface area contributed by atoms with Gasteiger partial charge < -0.3 is 9.63 Å². The fourth-order valence-corrected chi connectivity index (χ4v) is 1.26. The van der Waals surface area contributed by atoms with Crippen LogP contribution < -0.4 is 0 Å². The fraction of sp³-hybridized carbons (Fsp3) is 0.500. The van der Waals surface area contributed by atoms with E-state index < -0.39 is 6.10 Å². The maximum atomic E-state index is 9.41. The minimum Gasteiger partial charge on any atom is -0.393 e. The van der Waals surface area contributed by atoms with Crippen LogP contribution >= 0.6 is 0 Å². The number of aliphatic hydroxyl groups excluding tert-OH is 1. The minimum atomic E-state index is -0.517. The smallest absolute Gasteiger partial charge is 0.232 e. The van der Waals surface area contributed by atoms with E-state index in [2.05, 4.69) is 15.2 Å². The summed E-state index contributed by atoms with van der Waals surface area (Å²) >= 11 is 0. The first kappa shape index (κ1) is 10.8. The van der Waals surface area contributed by atoms with Gasteiger partial charge in [0.05, 0.1) is 12.0 Å². The number of aryl methyl sites for hydroxylation is 1. The Morgan fingerprint density at radius 1 is 1.44 bits per heavy atom. The maximum Gasteiger partial charge on any atom is 0.232 e. The number of aliphatic hydroxyl groups is 1. The van der Waals surface area contributed by atoms with Gasteiger partial charge in [-0.2, -0.15) is 10.1 Å².